The Kier molecular flexibility index (Phi) is 3.17. The second-order valence-corrected chi connectivity index (χ2v) is 3.88. The van der Waals surface area contributed by atoms with Gasteiger partial charge in [0.2, 0.25) is 0 Å². The van der Waals surface area contributed by atoms with Crippen LogP contribution in [0, 0.1) is 0 Å². The number of benzene rings is 1. The largest absolute Gasteiger partial charge is 0.313 e. The van der Waals surface area contributed by atoms with E-state index >= 15 is 0 Å². The van der Waals surface area contributed by atoms with E-state index in [4.69, 9.17) is 0 Å². The predicted octanol–water partition coefficient (Wildman–Crippen LogP) is 1.79. The van der Waals surface area contributed by atoms with E-state index in [1.54, 1.807) is 0 Å². The number of fused-ring (bicyclic) bond motifs is 1. The van der Waals surface area contributed by atoms with E-state index in [-0.39, 0.29) is 0 Å². The topological polar surface area (TPSA) is 24.1 Å². The van der Waals surface area contributed by atoms with Crippen LogP contribution in [-0.2, 0) is 19.6 Å². The molecule has 14 heavy (non-hydrogen) atoms. The summed E-state index contributed by atoms with van der Waals surface area (Å²) in [6.07, 6.45) is 1.20. The van der Waals surface area contributed by atoms with Crippen molar-refractivity contribution in [2.24, 2.45) is 0 Å². The first-order valence-corrected chi connectivity index (χ1v) is 5.42. The molecule has 0 spiro atoms. The van der Waals surface area contributed by atoms with Crippen LogP contribution in [0.2, 0.25) is 0 Å². The molecule has 0 radical (unpaired) electrons. The standard InChI is InChI=1S/C12H18N2/c1-2-5-13-7-10-3-4-11-8-14-9-12(11)6-10/h3-4,6,13-14H,2,5,7-9H2,1H3. The molecule has 2 N–H and O–H groups in total. The maximum Gasteiger partial charge on any atom is 0.0212 e. The molecule has 0 amide bonds. The van der Waals surface area contributed by atoms with Gasteiger partial charge < -0.3 is 10.6 Å². The summed E-state index contributed by atoms with van der Waals surface area (Å²) in [5.74, 6) is 0. The summed E-state index contributed by atoms with van der Waals surface area (Å²) in [5.41, 5.74) is 4.34. The smallest absolute Gasteiger partial charge is 0.0212 e. The second-order valence-electron chi connectivity index (χ2n) is 3.88. The van der Waals surface area contributed by atoms with E-state index in [0.29, 0.717) is 0 Å². The molecule has 1 aliphatic heterocycles. The molecule has 1 aromatic rings. The Morgan fingerprint density at radius 1 is 1.29 bits per heavy atom. The van der Waals surface area contributed by atoms with Crippen LogP contribution in [0.3, 0.4) is 0 Å². The van der Waals surface area contributed by atoms with E-state index < -0.39 is 0 Å². The summed E-state index contributed by atoms with van der Waals surface area (Å²) in [7, 11) is 0. The molecule has 0 aromatic heterocycles. The SMILES string of the molecule is CCCNCc1ccc2c(c1)CNC2. The van der Waals surface area contributed by atoms with Gasteiger partial charge >= 0.3 is 0 Å². The van der Waals surface area contributed by atoms with Crippen molar-refractivity contribution >= 4 is 0 Å². The quantitative estimate of drug-likeness (QED) is 0.707. The first-order chi connectivity index (χ1) is 6.90. The molecule has 0 unspecified atom stereocenters. The summed E-state index contributed by atoms with van der Waals surface area (Å²) in [6.45, 7) is 6.38. The van der Waals surface area contributed by atoms with Crippen molar-refractivity contribution in [3.63, 3.8) is 0 Å². The van der Waals surface area contributed by atoms with Gasteiger partial charge in [-0.1, -0.05) is 25.1 Å². The van der Waals surface area contributed by atoms with Gasteiger partial charge in [-0.25, -0.2) is 0 Å². The normalized spacial score (nSPS) is 14.4. The Morgan fingerprint density at radius 3 is 3.00 bits per heavy atom. The lowest BCUT2D eigenvalue weighted by molar-refractivity contribution is 0.675. The molecule has 0 aliphatic carbocycles. The molecule has 2 rings (SSSR count). The summed E-state index contributed by atoms with van der Waals surface area (Å²) < 4.78 is 0. The molecule has 0 atom stereocenters. The highest BCUT2D eigenvalue weighted by molar-refractivity contribution is 5.34. The maximum atomic E-state index is 3.42. The maximum absolute atomic E-state index is 3.42. The lowest BCUT2D eigenvalue weighted by Crippen LogP contribution is -2.13. The van der Waals surface area contributed by atoms with Gasteiger partial charge in [-0.15, -0.1) is 0 Å². The third-order valence-corrected chi connectivity index (χ3v) is 2.66. The molecule has 1 aromatic carbocycles. The van der Waals surface area contributed by atoms with Gasteiger partial charge in [-0.3, -0.25) is 0 Å². The van der Waals surface area contributed by atoms with Gasteiger partial charge in [0.05, 0.1) is 0 Å². The van der Waals surface area contributed by atoms with Crippen molar-refractivity contribution in [1.82, 2.24) is 10.6 Å². The molecule has 0 bridgehead atoms. The molecule has 76 valence electrons. The predicted molar refractivity (Wildman–Crippen MR) is 59.0 cm³/mol. The van der Waals surface area contributed by atoms with Crippen molar-refractivity contribution in [3.8, 4) is 0 Å². The molecule has 2 heteroatoms. The second kappa shape index (κ2) is 4.58. The average Bonchev–Trinajstić information content (AvgIpc) is 2.65. The van der Waals surface area contributed by atoms with Crippen LogP contribution in [0.4, 0.5) is 0 Å². The number of hydrogen-bond acceptors (Lipinski definition) is 2. The van der Waals surface area contributed by atoms with Crippen molar-refractivity contribution in [3.05, 3.63) is 34.9 Å². The monoisotopic (exact) mass is 190 g/mol. The third-order valence-electron chi connectivity index (χ3n) is 2.66. The molecule has 0 fully saturated rings. The zero-order valence-corrected chi connectivity index (χ0v) is 8.77. The van der Waals surface area contributed by atoms with Crippen molar-refractivity contribution < 1.29 is 0 Å². The molecule has 2 nitrogen and oxygen atoms in total. The fourth-order valence-electron chi connectivity index (χ4n) is 1.87. The van der Waals surface area contributed by atoms with Gasteiger partial charge in [0, 0.05) is 19.6 Å². The van der Waals surface area contributed by atoms with Gasteiger partial charge in [0.1, 0.15) is 0 Å². The van der Waals surface area contributed by atoms with Crippen molar-refractivity contribution in [2.45, 2.75) is 33.0 Å². The Balaban J connectivity index is 1.98. The van der Waals surface area contributed by atoms with E-state index in [2.05, 4.69) is 35.8 Å². The first-order valence-electron chi connectivity index (χ1n) is 5.42. The van der Waals surface area contributed by atoms with Crippen molar-refractivity contribution in [2.75, 3.05) is 6.54 Å². The first kappa shape index (κ1) is 9.69. The summed E-state index contributed by atoms with van der Waals surface area (Å²) in [4.78, 5) is 0. The summed E-state index contributed by atoms with van der Waals surface area (Å²) in [6, 6.07) is 6.80. The third kappa shape index (κ3) is 2.14. The minimum absolute atomic E-state index is 1.00. The van der Waals surface area contributed by atoms with Crippen molar-refractivity contribution in [1.29, 1.82) is 0 Å². The Hall–Kier alpha value is -0.860. The zero-order chi connectivity index (χ0) is 9.80. The van der Waals surface area contributed by atoms with Crippen LogP contribution < -0.4 is 10.6 Å². The van der Waals surface area contributed by atoms with Gasteiger partial charge in [0.25, 0.3) is 0 Å². The molecule has 1 aliphatic rings. The van der Waals surface area contributed by atoms with Crippen LogP contribution in [-0.4, -0.2) is 6.54 Å². The van der Waals surface area contributed by atoms with Gasteiger partial charge in [0.15, 0.2) is 0 Å². The molecule has 0 saturated carbocycles. The van der Waals surface area contributed by atoms with Crippen LogP contribution in [0.1, 0.15) is 30.0 Å². The molecular weight excluding hydrogens is 172 g/mol. The van der Waals surface area contributed by atoms with Gasteiger partial charge in [-0.2, -0.15) is 0 Å². The Morgan fingerprint density at radius 2 is 2.14 bits per heavy atom. The zero-order valence-electron chi connectivity index (χ0n) is 8.77. The van der Waals surface area contributed by atoms with Gasteiger partial charge in [-0.05, 0) is 29.7 Å². The minimum Gasteiger partial charge on any atom is -0.313 e. The lowest BCUT2D eigenvalue weighted by Gasteiger charge is -2.05. The molecule has 1 heterocycles. The summed E-state index contributed by atoms with van der Waals surface area (Å²) in [5, 5.41) is 6.78. The number of rotatable bonds is 4. The highest BCUT2D eigenvalue weighted by Gasteiger charge is 2.09. The number of nitrogens with one attached hydrogen (secondary N) is 2. The van der Waals surface area contributed by atoms with Crippen LogP contribution >= 0.6 is 0 Å². The minimum atomic E-state index is 1.00. The van der Waals surface area contributed by atoms with E-state index in [1.165, 1.54) is 23.1 Å². The summed E-state index contributed by atoms with van der Waals surface area (Å²) >= 11 is 0. The molecule has 0 saturated heterocycles. The highest BCUT2D eigenvalue weighted by Crippen LogP contribution is 2.16. The van der Waals surface area contributed by atoms with Crippen LogP contribution in [0.15, 0.2) is 18.2 Å². The average molecular weight is 190 g/mol. The van der Waals surface area contributed by atoms with E-state index in [1.807, 2.05) is 0 Å². The fourth-order valence-corrected chi connectivity index (χ4v) is 1.87. The lowest BCUT2D eigenvalue weighted by atomic mass is 10.1. The Bertz CT molecular complexity index is 307. The van der Waals surface area contributed by atoms with E-state index in [0.717, 1.165) is 26.2 Å². The number of hydrogen-bond donors (Lipinski definition) is 2. The molecular formula is C12H18N2. The Labute approximate surface area is 85.7 Å². The van der Waals surface area contributed by atoms with Crippen LogP contribution in [0.5, 0.6) is 0 Å². The highest BCUT2D eigenvalue weighted by atomic mass is 14.9. The van der Waals surface area contributed by atoms with E-state index in [9.17, 15) is 0 Å². The van der Waals surface area contributed by atoms with Crippen LogP contribution in [0.25, 0.3) is 0 Å². The fraction of sp³-hybridized carbons (Fsp3) is 0.500.